The average molecular weight is 231 g/mol. The molecule has 2 heterocycles. The molecule has 0 atom stereocenters. The van der Waals surface area contributed by atoms with E-state index in [1.807, 2.05) is 0 Å². The highest BCUT2D eigenvalue weighted by Crippen LogP contribution is 2.14. The first-order chi connectivity index (χ1) is 8.34. The molecular formula is C10H9N5O2. The standard InChI is InChI=1S/C10H9N5O2/c16-9(17-10-11-4-5-12-10)6-2-1-3-7-8(6)14-15-13-7/h1-3H,4-5H2,(H,11,12)(H,13,14,15). The fraction of sp³-hybridized carbons (Fsp3) is 0.200. The molecule has 1 aliphatic rings. The second kappa shape index (κ2) is 3.85. The second-order valence-corrected chi connectivity index (χ2v) is 3.50. The van der Waals surface area contributed by atoms with Gasteiger partial charge in [0.25, 0.3) is 6.02 Å². The van der Waals surface area contributed by atoms with Gasteiger partial charge in [-0.25, -0.2) is 9.79 Å². The highest BCUT2D eigenvalue weighted by molar-refractivity contribution is 6.05. The summed E-state index contributed by atoms with van der Waals surface area (Å²) in [5.41, 5.74) is 1.49. The van der Waals surface area contributed by atoms with E-state index in [1.165, 1.54) is 0 Å². The fourth-order valence-electron chi connectivity index (χ4n) is 1.62. The molecule has 2 N–H and O–H groups in total. The normalized spacial score (nSPS) is 14.5. The van der Waals surface area contributed by atoms with E-state index in [2.05, 4.69) is 25.7 Å². The summed E-state index contributed by atoms with van der Waals surface area (Å²) in [6.45, 7) is 1.31. The van der Waals surface area contributed by atoms with Crippen LogP contribution in [0.4, 0.5) is 0 Å². The smallest absolute Gasteiger partial charge is 0.348 e. The van der Waals surface area contributed by atoms with Gasteiger partial charge in [-0.3, -0.25) is 0 Å². The van der Waals surface area contributed by atoms with Gasteiger partial charge < -0.3 is 10.1 Å². The number of H-pyrrole nitrogens is 1. The van der Waals surface area contributed by atoms with Crippen molar-refractivity contribution in [3.05, 3.63) is 23.8 Å². The first-order valence-electron chi connectivity index (χ1n) is 5.14. The molecule has 0 fully saturated rings. The first kappa shape index (κ1) is 9.76. The average Bonchev–Trinajstić information content (AvgIpc) is 2.97. The topological polar surface area (TPSA) is 92.3 Å². The van der Waals surface area contributed by atoms with Gasteiger partial charge in [-0.1, -0.05) is 6.07 Å². The highest BCUT2D eigenvalue weighted by Gasteiger charge is 2.17. The summed E-state index contributed by atoms with van der Waals surface area (Å²) in [4.78, 5) is 15.9. The van der Waals surface area contributed by atoms with Gasteiger partial charge in [0.05, 0.1) is 12.1 Å². The molecule has 0 saturated carbocycles. The van der Waals surface area contributed by atoms with Crippen molar-refractivity contribution in [1.82, 2.24) is 20.7 Å². The monoisotopic (exact) mass is 231 g/mol. The number of rotatable bonds is 1. The van der Waals surface area contributed by atoms with E-state index in [-0.39, 0.29) is 6.02 Å². The number of benzene rings is 1. The van der Waals surface area contributed by atoms with Crippen molar-refractivity contribution in [2.24, 2.45) is 4.99 Å². The van der Waals surface area contributed by atoms with Crippen molar-refractivity contribution >= 4 is 23.0 Å². The molecule has 0 unspecified atom stereocenters. The van der Waals surface area contributed by atoms with Crippen LogP contribution in [0.15, 0.2) is 23.2 Å². The molecule has 1 aromatic carbocycles. The van der Waals surface area contributed by atoms with Crippen molar-refractivity contribution < 1.29 is 9.53 Å². The van der Waals surface area contributed by atoms with Gasteiger partial charge in [0.2, 0.25) is 0 Å². The number of esters is 1. The van der Waals surface area contributed by atoms with E-state index in [4.69, 9.17) is 4.74 Å². The predicted molar refractivity (Wildman–Crippen MR) is 59.6 cm³/mol. The zero-order valence-electron chi connectivity index (χ0n) is 8.80. The molecule has 3 rings (SSSR count). The number of amidine groups is 1. The molecule has 1 aromatic heterocycles. The number of aromatic amines is 1. The van der Waals surface area contributed by atoms with Crippen LogP contribution in [0.2, 0.25) is 0 Å². The zero-order valence-corrected chi connectivity index (χ0v) is 8.80. The van der Waals surface area contributed by atoms with E-state index in [1.54, 1.807) is 18.2 Å². The second-order valence-electron chi connectivity index (χ2n) is 3.50. The van der Waals surface area contributed by atoms with Crippen LogP contribution in [-0.4, -0.2) is 40.5 Å². The Hall–Kier alpha value is -2.44. The van der Waals surface area contributed by atoms with Crippen molar-refractivity contribution in [2.75, 3.05) is 13.1 Å². The molecule has 7 nitrogen and oxygen atoms in total. The molecule has 0 radical (unpaired) electrons. The number of fused-ring (bicyclic) bond motifs is 1. The summed E-state index contributed by atoms with van der Waals surface area (Å²) in [5.74, 6) is -0.488. The molecule has 17 heavy (non-hydrogen) atoms. The van der Waals surface area contributed by atoms with Crippen LogP contribution in [0.25, 0.3) is 11.0 Å². The van der Waals surface area contributed by atoms with Gasteiger partial charge in [0.15, 0.2) is 0 Å². The highest BCUT2D eigenvalue weighted by atomic mass is 16.6. The minimum atomic E-state index is -0.488. The third-order valence-corrected chi connectivity index (χ3v) is 2.40. The third-order valence-electron chi connectivity index (χ3n) is 2.40. The van der Waals surface area contributed by atoms with Crippen molar-refractivity contribution in [3.8, 4) is 0 Å². The fourth-order valence-corrected chi connectivity index (χ4v) is 1.62. The first-order valence-corrected chi connectivity index (χ1v) is 5.14. The van der Waals surface area contributed by atoms with Gasteiger partial charge in [-0.2, -0.15) is 15.4 Å². The molecule has 0 amide bonds. The van der Waals surface area contributed by atoms with Crippen molar-refractivity contribution in [1.29, 1.82) is 0 Å². The van der Waals surface area contributed by atoms with E-state index in [9.17, 15) is 4.79 Å². The van der Waals surface area contributed by atoms with Crippen molar-refractivity contribution in [3.63, 3.8) is 0 Å². The van der Waals surface area contributed by atoms with Crippen LogP contribution in [0.1, 0.15) is 10.4 Å². The van der Waals surface area contributed by atoms with E-state index < -0.39 is 5.97 Å². The summed E-state index contributed by atoms with van der Waals surface area (Å²) < 4.78 is 5.09. The number of nitrogens with one attached hydrogen (secondary N) is 2. The van der Waals surface area contributed by atoms with Gasteiger partial charge in [0.1, 0.15) is 11.0 Å². The number of hydrogen-bond acceptors (Lipinski definition) is 6. The number of aliphatic imine (C=N–C) groups is 1. The number of hydrogen-bond donors (Lipinski definition) is 2. The van der Waals surface area contributed by atoms with E-state index in [0.717, 1.165) is 0 Å². The minimum absolute atomic E-state index is 0.260. The van der Waals surface area contributed by atoms with E-state index in [0.29, 0.717) is 29.7 Å². The van der Waals surface area contributed by atoms with Crippen LogP contribution < -0.4 is 5.32 Å². The largest absolute Gasteiger partial charge is 0.389 e. The Labute approximate surface area is 95.9 Å². The summed E-state index contributed by atoms with van der Waals surface area (Å²) in [7, 11) is 0. The Kier molecular flexibility index (Phi) is 2.21. The molecule has 0 bridgehead atoms. The van der Waals surface area contributed by atoms with Crippen LogP contribution in [0.5, 0.6) is 0 Å². The maximum Gasteiger partial charge on any atom is 0.348 e. The number of para-hydroxylation sites is 1. The molecule has 0 saturated heterocycles. The molecule has 2 aromatic rings. The summed E-state index contributed by atoms with van der Waals surface area (Å²) in [6, 6.07) is 5.39. The number of carbonyl (C=O) groups is 1. The lowest BCUT2D eigenvalue weighted by Gasteiger charge is -2.03. The Balaban J connectivity index is 1.92. The number of nitrogens with zero attached hydrogens (tertiary/aromatic N) is 3. The lowest BCUT2D eigenvalue weighted by Crippen LogP contribution is -2.24. The van der Waals surface area contributed by atoms with Gasteiger partial charge >= 0.3 is 5.97 Å². The van der Waals surface area contributed by atoms with Crippen LogP contribution in [0.3, 0.4) is 0 Å². The molecule has 86 valence electrons. The van der Waals surface area contributed by atoms with Crippen molar-refractivity contribution in [2.45, 2.75) is 0 Å². The molecule has 1 aliphatic heterocycles. The quantitative estimate of drug-likeness (QED) is 0.678. The number of ether oxygens (including phenoxy) is 1. The Bertz CT molecular complexity index is 604. The Morgan fingerprint density at radius 3 is 3.12 bits per heavy atom. The minimum Gasteiger partial charge on any atom is -0.389 e. The molecule has 0 spiro atoms. The Morgan fingerprint density at radius 1 is 1.35 bits per heavy atom. The SMILES string of the molecule is O=C(OC1=NCCN1)c1cccc2n[nH]nc12. The summed E-state index contributed by atoms with van der Waals surface area (Å²) in [6.07, 6.45) is 0. The van der Waals surface area contributed by atoms with Crippen LogP contribution >= 0.6 is 0 Å². The van der Waals surface area contributed by atoms with Gasteiger partial charge in [-0.15, -0.1) is 0 Å². The predicted octanol–water partition coefficient (Wildman–Crippen LogP) is 0.0739. The number of carbonyl (C=O) groups excluding carboxylic acids is 1. The summed E-state index contributed by atoms with van der Waals surface area (Å²) in [5, 5.41) is 13.2. The maximum atomic E-state index is 11.9. The number of aromatic nitrogens is 3. The lowest BCUT2D eigenvalue weighted by molar-refractivity contribution is 0.0712. The molecular weight excluding hydrogens is 222 g/mol. The van der Waals surface area contributed by atoms with Crippen LogP contribution in [-0.2, 0) is 4.74 Å². The third kappa shape index (κ3) is 1.71. The maximum absolute atomic E-state index is 11.9. The van der Waals surface area contributed by atoms with Gasteiger partial charge in [0, 0.05) is 6.54 Å². The molecule has 0 aliphatic carbocycles. The lowest BCUT2D eigenvalue weighted by atomic mass is 10.2. The Morgan fingerprint density at radius 2 is 2.29 bits per heavy atom. The van der Waals surface area contributed by atoms with E-state index >= 15 is 0 Å². The summed E-state index contributed by atoms with van der Waals surface area (Å²) >= 11 is 0. The zero-order chi connectivity index (χ0) is 11.7. The molecule has 7 heteroatoms. The van der Waals surface area contributed by atoms with Gasteiger partial charge in [-0.05, 0) is 12.1 Å². The van der Waals surface area contributed by atoms with Crippen LogP contribution in [0, 0.1) is 0 Å².